The Labute approximate surface area is 198 Å². The Morgan fingerprint density at radius 2 is 2.11 bits per heavy atom. The number of hydrogen-bond donors (Lipinski definition) is 1. The van der Waals surface area contributed by atoms with Gasteiger partial charge in [-0.3, -0.25) is 4.79 Å². The maximum absolute atomic E-state index is 14.3. The largest absolute Gasteiger partial charge is 0.435 e. The third kappa shape index (κ3) is 3.99. The highest BCUT2D eigenvalue weighted by Crippen LogP contribution is 2.39. The third-order valence-electron chi connectivity index (χ3n) is 5.91. The molecule has 5 heterocycles. The average Bonchev–Trinajstić information content (AvgIpc) is 3.54. The van der Waals surface area contributed by atoms with Gasteiger partial charge in [0.25, 0.3) is 5.91 Å². The van der Waals surface area contributed by atoms with Gasteiger partial charge in [-0.1, -0.05) is 23.1 Å². The summed E-state index contributed by atoms with van der Waals surface area (Å²) in [4.78, 5) is 26.6. The van der Waals surface area contributed by atoms with Crippen molar-refractivity contribution in [2.75, 3.05) is 6.54 Å². The van der Waals surface area contributed by atoms with E-state index in [2.05, 4.69) is 20.1 Å². The summed E-state index contributed by atoms with van der Waals surface area (Å²) in [5.41, 5.74) is 0.232. The number of nitrogens with zero attached hydrogens (tertiary/aromatic N) is 5. The molecule has 1 amide bonds. The Bertz CT molecular complexity index is 1410. The average molecular weight is 508 g/mol. The first kappa shape index (κ1) is 23.5. The molecular weight excluding hydrogens is 487 g/mol. The lowest BCUT2D eigenvalue weighted by atomic mass is 9.99. The maximum Gasteiger partial charge on any atom is 0.418 e. The van der Waals surface area contributed by atoms with Gasteiger partial charge in [0.15, 0.2) is 11.8 Å². The Hall–Kier alpha value is -3.27. The summed E-state index contributed by atoms with van der Waals surface area (Å²) < 4.78 is 61.9. The number of imidazole rings is 1. The van der Waals surface area contributed by atoms with Gasteiger partial charge in [-0.2, -0.15) is 18.3 Å². The third-order valence-corrected chi connectivity index (χ3v) is 6.23. The molecule has 0 fully saturated rings. The summed E-state index contributed by atoms with van der Waals surface area (Å²) in [7, 11) is 1.95. The van der Waals surface area contributed by atoms with Crippen LogP contribution in [0.4, 0.5) is 17.6 Å². The summed E-state index contributed by atoms with van der Waals surface area (Å²) in [6, 6.07) is 2.61. The number of pyridine rings is 1. The van der Waals surface area contributed by atoms with Crippen LogP contribution in [0.2, 0.25) is 0 Å². The quantitative estimate of drug-likeness (QED) is 0.315. The van der Waals surface area contributed by atoms with Gasteiger partial charge in [0, 0.05) is 30.8 Å². The molecule has 1 N–H and O–H groups in total. The number of H-pyrrole nitrogens is 1. The second kappa shape index (κ2) is 8.44. The van der Waals surface area contributed by atoms with Crippen molar-refractivity contribution < 1.29 is 26.8 Å². The fraction of sp³-hybridized carbons (Fsp3) is 0.364. The number of alkyl halides is 4. The fourth-order valence-electron chi connectivity index (χ4n) is 4.27. The molecule has 0 radical (unpaired) electrons. The molecule has 0 aliphatic carbocycles. The fourth-order valence-corrected chi connectivity index (χ4v) is 4.50. The lowest BCUT2D eigenvalue weighted by Crippen LogP contribution is -2.41. The van der Waals surface area contributed by atoms with Crippen molar-refractivity contribution in [2.24, 2.45) is 0 Å². The van der Waals surface area contributed by atoms with Crippen molar-refractivity contribution in [3.05, 3.63) is 70.7 Å². The molecular formula is C22H21F4N6O2P. The molecule has 8 nitrogen and oxygen atoms in total. The summed E-state index contributed by atoms with van der Waals surface area (Å²) in [6.45, 7) is 3.78. The lowest BCUT2D eigenvalue weighted by molar-refractivity contribution is -0.136. The molecule has 3 atom stereocenters. The van der Waals surface area contributed by atoms with E-state index in [1.807, 2.05) is 9.24 Å². The summed E-state index contributed by atoms with van der Waals surface area (Å²) in [6.07, 6.45) is -1.31. The van der Waals surface area contributed by atoms with E-state index in [4.69, 9.17) is 4.42 Å². The van der Waals surface area contributed by atoms with E-state index in [0.29, 0.717) is 12.1 Å². The van der Waals surface area contributed by atoms with Gasteiger partial charge in [0.2, 0.25) is 5.76 Å². The Balaban J connectivity index is 1.64. The molecule has 1 aliphatic heterocycles. The minimum atomic E-state index is -4.59. The molecule has 184 valence electrons. The molecule has 2 unspecified atom stereocenters. The maximum atomic E-state index is 14.3. The molecule has 0 saturated heterocycles. The monoisotopic (exact) mass is 508 g/mol. The van der Waals surface area contributed by atoms with Crippen molar-refractivity contribution in [1.29, 1.82) is 0 Å². The topological polar surface area (TPSA) is 92.3 Å². The number of halogens is 4. The van der Waals surface area contributed by atoms with Crippen molar-refractivity contribution in [1.82, 2.24) is 29.5 Å². The first-order valence-electron chi connectivity index (χ1n) is 10.8. The second-order valence-corrected chi connectivity index (χ2v) is 9.14. The van der Waals surface area contributed by atoms with E-state index in [1.165, 1.54) is 29.6 Å². The van der Waals surface area contributed by atoms with Gasteiger partial charge in [-0.15, -0.1) is 0 Å². The van der Waals surface area contributed by atoms with Crippen molar-refractivity contribution in [2.45, 2.75) is 44.3 Å². The summed E-state index contributed by atoms with van der Waals surface area (Å²) in [5, 5.41) is 4.35. The van der Waals surface area contributed by atoms with Crippen LogP contribution in [-0.4, -0.2) is 41.9 Å². The van der Waals surface area contributed by atoms with Gasteiger partial charge in [0.1, 0.15) is 11.7 Å². The highest BCUT2D eigenvalue weighted by atomic mass is 31.0. The zero-order valence-corrected chi connectivity index (χ0v) is 19.8. The van der Waals surface area contributed by atoms with E-state index >= 15 is 0 Å². The van der Waals surface area contributed by atoms with Gasteiger partial charge in [0.05, 0.1) is 28.8 Å². The Morgan fingerprint density at radius 1 is 1.34 bits per heavy atom. The van der Waals surface area contributed by atoms with Crippen LogP contribution in [0.15, 0.2) is 35.1 Å². The highest BCUT2D eigenvalue weighted by molar-refractivity contribution is 7.16. The number of aromatic nitrogens is 5. The van der Waals surface area contributed by atoms with Crippen molar-refractivity contribution in [3.63, 3.8) is 0 Å². The van der Waals surface area contributed by atoms with E-state index < -0.39 is 29.6 Å². The van der Waals surface area contributed by atoms with Crippen LogP contribution in [-0.2, 0) is 12.6 Å². The minimum absolute atomic E-state index is 0.148. The molecule has 0 spiro atoms. The second-order valence-electron chi connectivity index (χ2n) is 8.56. The van der Waals surface area contributed by atoms with Crippen molar-refractivity contribution >= 4 is 20.7 Å². The summed E-state index contributed by atoms with van der Waals surface area (Å²) in [5.74, 6) is -2.51. The predicted octanol–water partition coefficient (Wildman–Crippen LogP) is 4.82. The molecule has 0 saturated carbocycles. The molecule has 35 heavy (non-hydrogen) atoms. The number of amides is 1. The van der Waals surface area contributed by atoms with E-state index in [0.717, 1.165) is 16.3 Å². The van der Waals surface area contributed by atoms with Crippen LogP contribution >= 0.6 is 9.24 Å². The summed E-state index contributed by atoms with van der Waals surface area (Å²) >= 11 is 0. The minimum Gasteiger partial charge on any atom is -0.435 e. The first-order valence-corrected chi connectivity index (χ1v) is 11.5. The lowest BCUT2D eigenvalue weighted by Gasteiger charge is -2.33. The molecule has 1 aliphatic rings. The van der Waals surface area contributed by atoms with Gasteiger partial charge >= 0.3 is 6.18 Å². The van der Waals surface area contributed by atoms with Gasteiger partial charge in [-0.25, -0.2) is 18.9 Å². The highest BCUT2D eigenvalue weighted by Gasteiger charge is 2.40. The number of nitrogens with one attached hydrogen (secondary N) is 1. The van der Waals surface area contributed by atoms with E-state index in [1.54, 1.807) is 13.8 Å². The number of aromatic amines is 1. The first-order chi connectivity index (χ1) is 16.6. The number of fused-ring (bicyclic) bond motifs is 2. The smallest absolute Gasteiger partial charge is 0.418 e. The zero-order valence-electron chi connectivity index (χ0n) is 18.7. The number of carbonyl (C=O) groups is 1. The van der Waals surface area contributed by atoms with Crippen LogP contribution in [0.5, 0.6) is 0 Å². The number of carbonyl (C=O) groups excluding carboxylic acids is 1. The van der Waals surface area contributed by atoms with Crippen LogP contribution < -0.4 is 0 Å². The molecule has 13 heteroatoms. The van der Waals surface area contributed by atoms with Gasteiger partial charge < -0.3 is 14.3 Å². The van der Waals surface area contributed by atoms with Crippen LogP contribution in [0, 0.1) is 0 Å². The predicted molar refractivity (Wildman–Crippen MR) is 120 cm³/mol. The Morgan fingerprint density at radius 3 is 2.80 bits per heavy atom. The van der Waals surface area contributed by atoms with E-state index in [9.17, 15) is 22.4 Å². The standard InChI is InChI=1S/C22H21F4N6O2P/c1-10(2)20-29-16(19(23)35)18(34-20)21(33)31-7-5-12-15(28-9-27-12)17(31)13-8-14-11(22(24,25)26)4-3-6-32(14)30-13/h3-4,6,8-10,17,19H,5,7,35H2,1-2H3,(H,27,28)/t17-,19?/m1/s1. The molecule has 4 aromatic rings. The van der Waals surface area contributed by atoms with Crippen molar-refractivity contribution in [3.8, 4) is 0 Å². The molecule has 0 bridgehead atoms. The molecule has 4 aromatic heterocycles. The number of rotatable bonds is 4. The Kier molecular flexibility index (Phi) is 5.66. The number of oxazole rings is 1. The van der Waals surface area contributed by atoms with Crippen LogP contribution in [0.25, 0.3) is 5.52 Å². The molecule has 5 rings (SSSR count). The van der Waals surface area contributed by atoms with E-state index in [-0.39, 0.29) is 41.0 Å². The van der Waals surface area contributed by atoms with Gasteiger partial charge in [-0.05, 0) is 18.2 Å². The molecule has 0 aromatic carbocycles. The number of hydrogen-bond acceptors (Lipinski definition) is 5. The SMILES string of the molecule is CC(C)c1nc(C(F)P)c(C(=O)N2CCc3[nH]cnc3[C@H]2c2cc3c(C(F)(F)F)cccn3n2)o1. The normalized spacial score (nSPS) is 17.3. The van der Waals surface area contributed by atoms with Crippen LogP contribution in [0.3, 0.4) is 0 Å². The zero-order chi connectivity index (χ0) is 25.1. The van der Waals surface area contributed by atoms with Crippen LogP contribution in [0.1, 0.15) is 76.5 Å².